The summed E-state index contributed by atoms with van der Waals surface area (Å²) in [7, 11) is 0. The molecule has 0 saturated carbocycles. The number of allylic oxidation sites excluding steroid dienone is 4. The summed E-state index contributed by atoms with van der Waals surface area (Å²) in [5.74, 6) is -2.65. The fourth-order valence-electron chi connectivity index (χ4n) is 5.46. The molecule has 2 saturated heterocycles. The lowest BCUT2D eigenvalue weighted by atomic mass is 9.85. The predicted molar refractivity (Wildman–Crippen MR) is 126 cm³/mol. The van der Waals surface area contributed by atoms with E-state index in [1.165, 1.54) is 9.80 Å². The van der Waals surface area contributed by atoms with Crippen molar-refractivity contribution in [3.05, 3.63) is 58.1 Å². The number of nitrogens with zero attached hydrogens (tertiary/aromatic N) is 3. The van der Waals surface area contributed by atoms with Gasteiger partial charge < -0.3 is 0 Å². The quantitative estimate of drug-likeness (QED) is 0.557. The largest absolute Gasteiger partial charge is 0.274 e. The first-order chi connectivity index (χ1) is 16.3. The van der Waals surface area contributed by atoms with Gasteiger partial charge in [0, 0.05) is 16.6 Å². The molecule has 5 rings (SSSR count). The number of carbonyl (C=O) groups is 4. The molecule has 7 nitrogen and oxygen atoms in total. The zero-order chi connectivity index (χ0) is 24.0. The van der Waals surface area contributed by atoms with E-state index in [-0.39, 0.29) is 37.0 Å². The Bertz CT molecular complexity index is 1040. The summed E-state index contributed by atoms with van der Waals surface area (Å²) < 4.78 is 0. The number of likely N-dealkylation sites (tertiary alicyclic amines) is 2. The van der Waals surface area contributed by atoms with Gasteiger partial charge in [0.15, 0.2) is 0 Å². The van der Waals surface area contributed by atoms with Crippen LogP contribution in [-0.2, 0) is 25.7 Å². The molecule has 34 heavy (non-hydrogen) atoms. The second kappa shape index (κ2) is 9.29. The third-order valence-electron chi connectivity index (χ3n) is 7.25. The van der Waals surface area contributed by atoms with Gasteiger partial charge in [0.25, 0.3) is 0 Å². The van der Waals surface area contributed by atoms with Crippen LogP contribution in [0.2, 0.25) is 0 Å². The minimum absolute atomic E-state index is 0.00256. The standard InChI is InChI=1S/C25H25Cl2N3O4/c26-16-6-8-18-20(10-16)24(33)29(22(18)31)13-28(12-15-4-2-1-3-5-15)14-30-23(32)19-9-7-17(27)11-21(19)25(30)34/h1-7,18-21H,8-14H2/t18-,19-,20-,21+/m1/s1. The van der Waals surface area contributed by atoms with E-state index in [4.69, 9.17) is 23.2 Å². The van der Waals surface area contributed by atoms with Crippen molar-refractivity contribution >= 4 is 46.8 Å². The molecule has 2 fully saturated rings. The van der Waals surface area contributed by atoms with Crippen LogP contribution >= 0.6 is 23.2 Å². The van der Waals surface area contributed by atoms with Gasteiger partial charge in [0.05, 0.1) is 37.0 Å². The van der Waals surface area contributed by atoms with E-state index in [9.17, 15) is 19.2 Å². The zero-order valence-electron chi connectivity index (χ0n) is 18.5. The van der Waals surface area contributed by atoms with Crippen molar-refractivity contribution in [2.45, 2.75) is 32.2 Å². The van der Waals surface area contributed by atoms with Crippen LogP contribution in [0.25, 0.3) is 0 Å². The van der Waals surface area contributed by atoms with Crippen molar-refractivity contribution in [3.63, 3.8) is 0 Å². The SMILES string of the molecule is O=C1[C@H]2CC(Cl)=CC[C@H]2C(=O)N1CN(Cc1ccccc1)CN1C(=O)[C@@H]2CC=C(Cl)C[C@H]2C1=O. The van der Waals surface area contributed by atoms with Crippen molar-refractivity contribution in [3.8, 4) is 0 Å². The Balaban J connectivity index is 1.36. The van der Waals surface area contributed by atoms with E-state index in [0.717, 1.165) is 5.56 Å². The molecular weight excluding hydrogens is 477 g/mol. The molecule has 2 aliphatic carbocycles. The van der Waals surface area contributed by atoms with Crippen molar-refractivity contribution in [1.29, 1.82) is 0 Å². The number of halogens is 2. The average molecular weight is 502 g/mol. The Kier molecular flexibility index (Phi) is 6.35. The first-order valence-electron chi connectivity index (χ1n) is 11.5. The molecule has 0 spiro atoms. The second-order valence-corrected chi connectivity index (χ2v) is 10.4. The van der Waals surface area contributed by atoms with Crippen LogP contribution in [0.3, 0.4) is 0 Å². The summed E-state index contributed by atoms with van der Waals surface area (Å²) >= 11 is 12.3. The first-order valence-corrected chi connectivity index (χ1v) is 12.2. The molecule has 0 bridgehead atoms. The molecule has 1 aromatic carbocycles. The molecule has 0 radical (unpaired) electrons. The summed E-state index contributed by atoms with van der Waals surface area (Å²) in [4.78, 5) is 56.7. The highest BCUT2D eigenvalue weighted by molar-refractivity contribution is 6.30. The smallest absolute Gasteiger partial charge is 0.234 e. The zero-order valence-corrected chi connectivity index (χ0v) is 20.0. The lowest BCUT2D eigenvalue weighted by molar-refractivity contribution is -0.145. The molecule has 2 aliphatic heterocycles. The summed E-state index contributed by atoms with van der Waals surface area (Å²) in [5.41, 5.74) is 0.949. The third kappa shape index (κ3) is 4.21. The highest BCUT2D eigenvalue weighted by Crippen LogP contribution is 2.40. The van der Waals surface area contributed by atoms with Gasteiger partial charge >= 0.3 is 0 Å². The molecule has 1 aromatic rings. The number of amides is 4. The third-order valence-corrected chi connectivity index (χ3v) is 7.87. The van der Waals surface area contributed by atoms with Gasteiger partial charge in [-0.15, -0.1) is 0 Å². The monoisotopic (exact) mass is 501 g/mol. The minimum Gasteiger partial charge on any atom is -0.274 e. The van der Waals surface area contributed by atoms with E-state index in [1.54, 1.807) is 4.90 Å². The Morgan fingerprint density at radius 1 is 0.706 bits per heavy atom. The Morgan fingerprint density at radius 3 is 1.62 bits per heavy atom. The predicted octanol–water partition coefficient (Wildman–Crippen LogP) is 3.44. The van der Waals surface area contributed by atoms with Crippen LogP contribution in [0.15, 0.2) is 52.5 Å². The Hall–Kier alpha value is -2.48. The van der Waals surface area contributed by atoms with Gasteiger partial charge in [-0.1, -0.05) is 65.7 Å². The van der Waals surface area contributed by atoms with Gasteiger partial charge in [-0.3, -0.25) is 33.9 Å². The van der Waals surface area contributed by atoms with E-state index in [1.807, 2.05) is 42.5 Å². The van der Waals surface area contributed by atoms with Gasteiger partial charge in [-0.25, -0.2) is 0 Å². The van der Waals surface area contributed by atoms with Crippen LogP contribution < -0.4 is 0 Å². The summed E-state index contributed by atoms with van der Waals surface area (Å²) in [6.07, 6.45) is 5.24. The summed E-state index contributed by atoms with van der Waals surface area (Å²) in [6, 6.07) is 9.56. The lowest BCUT2D eigenvalue weighted by Crippen LogP contribution is -2.48. The summed E-state index contributed by atoms with van der Waals surface area (Å²) in [5, 5.41) is 1.21. The minimum atomic E-state index is -0.449. The van der Waals surface area contributed by atoms with Crippen LogP contribution in [0.4, 0.5) is 0 Å². The van der Waals surface area contributed by atoms with Gasteiger partial charge in [-0.2, -0.15) is 0 Å². The number of fused-ring (bicyclic) bond motifs is 2. The molecule has 2 heterocycles. The molecule has 178 valence electrons. The number of rotatable bonds is 6. The normalized spacial score (nSPS) is 28.9. The topological polar surface area (TPSA) is 78.0 Å². The van der Waals surface area contributed by atoms with E-state index in [0.29, 0.717) is 42.3 Å². The number of hydrogen-bond donors (Lipinski definition) is 0. The van der Waals surface area contributed by atoms with E-state index in [2.05, 4.69) is 0 Å². The lowest BCUT2D eigenvalue weighted by Gasteiger charge is -2.30. The van der Waals surface area contributed by atoms with Crippen LogP contribution in [0.5, 0.6) is 0 Å². The van der Waals surface area contributed by atoms with Crippen LogP contribution in [0, 0.1) is 23.7 Å². The van der Waals surface area contributed by atoms with Crippen molar-refractivity contribution in [2.75, 3.05) is 13.3 Å². The van der Waals surface area contributed by atoms with E-state index >= 15 is 0 Å². The number of imide groups is 2. The highest BCUT2D eigenvalue weighted by Gasteiger charge is 2.51. The molecule has 4 aliphatic rings. The van der Waals surface area contributed by atoms with Crippen molar-refractivity contribution in [2.24, 2.45) is 23.7 Å². The first kappa shape index (κ1) is 23.3. The maximum Gasteiger partial charge on any atom is 0.234 e. The highest BCUT2D eigenvalue weighted by atomic mass is 35.5. The van der Waals surface area contributed by atoms with Gasteiger partial charge in [-0.05, 0) is 31.2 Å². The molecule has 0 N–H and O–H groups in total. The maximum absolute atomic E-state index is 13.1. The number of benzene rings is 1. The second-order valence-electron chi connectivity index (χ2n) is 9.41. The van der Waals surface area contributed by atoms with Crippen molar-refractivity contribution in [1.82, 2.24) is 14.7 Å². The van der Waals surface area contributed by atoms with Crippen LogP contribution in [0.1, 0.15) is 31.2 Å². The maximum atomic E-state index is 13.1. The Labute approximate surface area is 207 Å². The summed E-state index contributed by atoms with van der Waals surface area (Å²) in [6.45, 7) is 0.378. The Morgan fingerprint density at radius 2 is 1.15 bits per heavy atom. The molecular formula is C25H25Cl2N3O4. The molecule has 4 amide bonds. The number of hydrogen-bond acceptors (Lipinski definition) is 5. The average Bonchev–Trinajstić information content (AvgIpc) is 3.19. The molecule has 9 heteroatoms. The van der Waals surface area contributed by atoms with E-state index < -0.39 is 23.7 Å². The number of carbonyl (C=O) groups excluding carboxylic acids is 4. The molecule has 0 aromatic heterocycles. The van der Waals surface area contributed by atoms with Crippen LogP contribution in [-0.4, -0.2) is 51.7 Å². The fourth-order valence-corrected chi connectivity index (χ4v) is 5.97. The fraction of sp³-hybridized carbons (Fsp3) is 0.440. The van der Waals surface area contributed by atoms with Gasteiger partial charge in [0.2, 0.25) is 23.6 Å². The molecule has 0 unspecified atom stereocenters. The van der Waals surface area contributed by atoms with Gasteiger partial charge in [0.1, 0.15) is 0 Å². The van der Waals surface area contributed by atoms with Crippen molar-refractivity contribution < 1.29 is 19.2 Å². The molecule has 4 atom stereocenters.